The minimum atomic E-state index is -0.0961. The third kappa shape index (κ3) is 3.91. The molecule has 1 fully saturated rings. The van der Waals surface area contributed by atoms with Crippen LogP contribution >= 0.6 is 0 Å². The molecular formula is C14H23N5O. The molecule has 0 aliphatic carbocycles. The lowest BCUT2D eigenvalue weighted by Crippen LogP contribution is -2.52. The van der Waals surface area contributed by atoms with Crippen LogP contribution in [0.25, 0.3) is 0 Å². The van der Waals surface area contributed by atoms with Gasteiger partial charge in [0, 0.05) is 45.1 Å². The summed E-state index contributed by atoms with van der Waals surface area (Å²) in [6.07, 6.45) is 4.33. The Kier molecular flexibility index (Phi) is 5.31. The first-order chi connectivity index (χ1) is 9.70. The van der Waals surface area contributed by atoms with Crippen LogP contribution in [0.15, 0.2) is 18.5 Å². The van der Waals surface area contributed by atoms with Crippen molar-refractivity contribution in [3.8, 4) is 0 Å². The number of hydrogen-bond donors (Lipinski definition) is 2. The van der Waals surface area contributed by atoms with Crippen molar-refractivity contribution in [3.63, 3.8) is 0 Å². The van der Waals surface area contributed by atoms with Gasteiger partial charge in [-0.1, -0.05) is 6.92 Å². The number of amides is 1. The highest BCUT2D eigenvalue weighted by Gasteiger charge is 2.18. The number of hydrogen-bond acceptors (Lipinski definition) is 5. The molecule has 0 bridgehead atoms. The smallest absolute Gasteiger partial charge is 0.269 e. The predicted octanol–water partition coefficient (Wildman–Crippen LogP) is 0.796. The van der Waals surface area contributed by atoms with E-state index in [0.29, 0.717) is 5.56 Å². The molecule has 6 heteroatoms. The zero-order chi connectivity index (χ0) is 14.4. The van der Waals surface area contributed by atoms with Crippen molar-refractivity contribution in [3.05, 3.63) is 24.0 Å². The van der Waals surface area contributed by atoms with Crippen molar-refractivity contribution < 1.29 is 4.79 Å². The summed E-state index contributed by atoms with van der Waals surface area (Å²) < 4.78 is 0. The number of nitrogens with zero attached hydrogens (tertiary/aromatic N) is 3. The summed E-state index contributed by atoms with van der Waals surface area (Å²) in [5.74, 6) is -0.0961. The van der Waals surface area contributed by atoms with E-state index in [0.717, 1.165) is 44.8 Å². The molecule has 1 aromatic heterocycles. The minimum Gasteiger partial charge on any atom is -0.384 e. The normalized spacial score (nSPS) is 16.9. The lowest BCUT2D eigenvalue weighted by molar-refractivity contribution is 0.0663. The van der Waals surface area contributed by atoms with Crippen molar-refractivity contribution in [2.45, 2.75) is 13.3 Å². The zero-order valence-electron chi connectivity index (χ0n) is 12.2. The van der Waals surface area contributed by atoms with E-state index < -0.39 is 0 Å². The number of aromatic nitrogens is 1. The third-order valence-electron chi connectivity index (χ3n) is 3.39. The highest BCUT2D eigenvalue weighted by molar-refractivity contribution is 5.98. The van der Waals surface area contributed by atoms with Gasteiger partial charge in [0.05, 0.1) is 11.3 Å². The van der Waals surface area contributed by atoms with E-state index in [1.807, 2.05) is 11.1 Å². The molecule has 1 aromatic rings. The first kappa shape index (κ1) is 14.7. The van der Waals surface area contributed by atoms with Crippen LogP contribution in [-0.2, 0) is 0 Å². The van der Waals surface area contributed by atoms with Gasteiger partial charge in [0.25, 0.3) is 5.91 Å². The number of carbonyl (C=O) groups is 1. The lowest BCUT2D eigenvalue weighted by atomic mass is 10.2. The van der Waals surface area contributed by atoms with Gasteiger partial charge in [-0.3, -0.25) is 15.2 Å². The molecule has 0 spiro atoms. The number of piperazine rings is 1. The van der Waals surface area contributed by atoms with Gasteiger partial charge in [0.1, 0.15) is 0 Å². The molecule has 0 atom stereocenters. The van der Waals surface area contributed by atoms with Crippen molar-refractivity contribution in [1.29, 1.82) is 0 Å². The van der Waals surface area contributed by atoms with Crippen molar-refractivity contribution in [2.24, 2.45) is 0 Å². The Balaban J connectivity index is 1.98. The number of rotatable bonds is 5. The monoisotopic (exact) mass is 277 g/mol. The maximum atomic E-state index is 12.3. The van der Waals surface area contributed by atoms with Crippen LogP contribution in [0.5, 0.6) is 0 Å². The average Bonchev–Trinajstić information content (AvgIpc) is 2.47. The van der Waals surface area contributed by atoms with Gasteiger partial charge in [-0.05, 0) is 19.5 Å². The summed E-state index contributed by atoms with van der Waals surface area (Å²) in [6.45, 7) is 6.57. The number of nitrogens with one attached hydrogen (secondary N) is 2. The van der Waals surface area contributed by atoms with Crippen LogP contribution in [0.2, 0.25) is 0 Å². The van der Waals surface area contributed by atoms with Crippen molar-refractivity contribution in [2.75, 3.05) is 45.1 Å². The molecule has 0 radical (unpaired) electrons. The molecular weight excluding hydrogens is 254 g/mol. The summed E-state index contributed by atoms with van der Waals surface area (Å²) in [7, 11) is 2.09. The van der Waals surface area contributed by atoms with Gasteiger partial charge in [-0.2, -0.15) is 0 Å². The Labute approximate surface area is 120 Å². The quantitative estimate of drug-likeness (QED) is 0.833. The Morgan fingerprint density at radius 1 is 1.35 bits per heavy atom. The van der Waals surface area contributed by atoms with Crippen molar-refractivity contribution >= 4 is 11.6 Å². The predicted molar refractivity (Wildman–Crippen MR) is 79.6 cm³/mol. The number of likely N-dealkylation sites (N-methyl/N-ethyl adjacent to an activating group) is 1. The van der Waals surface area contributed by atoms with E-state index >= 15 is 0 Å². The van der Waals surface area contributed by atoms with Crippen LogP contribution in [0.1, 0.15) is 23.7 Å². The van der Waals surface area contributed by atoms with E-state index in [9.17, 15) is 4.79 Å². The molecule has 0 saturated carbocycles. The molecule has 1 saturated heterocycles. The number of carbonyl (C=O) groups excluding carboxylic acids is 1. The first-order valence-corrected chi connectivity index (χ1v) is 7.13. The molecule has 110 valence electrons. The molecule has 2 N–H and O–H groups in total. The number of anilines is 1. The highest BCUT2D eigenvalue weighted by atomic mass is 16.2. The SMILES string of the molecule is CCCNc1ccncc1C(=O)NN1CCN(C)CC1. The Hall–Kier alpha value is -1.66. The van der Waals surface area contributed by atoms with E-state index in [1.165, 1.54) is 0 Å². The first-order valence-electron chi connectivity index (χ1n) is 7.13. The molecule has 1 aliphatic heterocycles. The fraction of sp³-hybridized carbons (Fsp3) is 0.571. The molecule has 2 heterocycles. The van der Waals surface area contributed by atoms with Crippen LogP contribution < -0.4 is 10.7 Å². The fourth-order valence-corrected chi connectivity index (χ4v) is 2.11. The lowest BCUT2D eigenvalue weighted by Gasteiger charge is -2.32. The molecule has 2 rings (SSSR count). The van der Waals surface area contributed by atoms with Gasteiger partial charge in [-0.15, -0.1) is 0 Å². The second kappa shape index (κ2) is 7.21. The van der Waals surface area contributed by atoms with Crippen molar-refractivity contribution in [1.82, 2.24) is 20.3 Å². The highest BCUT2D eigenvalue weighted by Crippen LogP contribution is 2.13. The van der Waals surface area contributed by atoms with Crippen LogP contribution in [0.3, 0.4) is 0 Å². The third-order valence-corrected chi connectivity index (χ3v) is 3.39. The topological polar surface area (TPSA) is 60.5 Å². The van der Waals surface area contributed by atoms with Gasteiger partial charge in [0.15, 0.2) is 0 Å². The zero-order valence-corrected chi connectivity index (χ0v) is 12.2. The largest absolute Gasteiger partial charge is 0.384 e. The molecule has 0 aromatic carbocycles. The van der Waals surface area contributed by atoms with Crippen LogP contribution in [-0.4, -0.2) is 60.6 Å². The Morgan fingerprint density at radius 2 is 2.10 bits per heavy atom. The van der Waals surface area contributed by atoms with Gasteiger partial charge in [0.2, 0.25) is 0 Å². The molecule has 1 aliphatic rings. The number of pyridine rings is 1. The van der Waals surface area contributed by atoms with Gasteiger partial charge < -0.3 is 10.2 Å². The van der Waals surface area contributed by atoms with Crippen LogP contribution in [0.4, 0.5) is 5.69 Å². The van der Waals surface area contributed by atoms with E-state index in [-0.39, 0.29) is 5.91 Å². The maximum absolute atomic E-state index is 12.3. The molecule has 20 heavy (non-hydrogen) atoms. The van der Waals surface area contributed by atoms with Crippen LogP contribution in [0, 0.1) is 0 Å². The average molecular weight is 277 g/mol. The molecule has 1 amide bonds. The fourth-order valence-electron chi connectivity index (χ4n) is 2.11. The van der Waals surface area contributed by atoms with E-state index in [2.05, 4.69) is 34.6 Å². The minimum absolute atomic E-state index is 0.0961. The van der Waals surface area contributed by atoms with Gasteiger partial charge >= 0.3 is 0 Å². The molecule has 0 unspecified atom stereocenters. The molecule has 6 nitrogen and oxygen atoms in total. The van der Waals surface area contributed by atoms with E-state index in [4.69, 9.17) is 0 Å². The second-order valence-electron chi connectivity index (χ2n) is 5.08. The van der Waals surface area contributed by atoms with E-state index in [1.54, 1.807) is 12.4 Å². The number of hydrazine groups is 1. The Morgan fingerprint density at radius 3 is 2.80 bits per heavy atom. The summed E-state index contributed by atoms with van der Waals surface area (Å²) in [5, 5.41) is 5.23. The Bertz CT molecular complexity index is 443. The van der Waals surface area contributed by atoms with Gasteiger partial charge in [-0.25, -0.2) is 5.01 Å². The standard InChI is InChI=1S/C14H23N5O/c1-3-5-16-13-4-6-15-11-12(13)14(20)17-19-9-7-18(2)8-10-19/h4,6,11H,3,5,7-10H2,1-2H3,(H,15,16)(H,17,20). The maximum Gasteiger partial charge on any atom is 0.269 e. The summed E-state index contributed by atoms with van der Waals surface area (Å²) in [4.78, 5) is 18.6. The second-order valence-corrected chi connectivity index (χ2v) is 5.08. The summed E-state index contributed by atoms with van der Waals surface area (Å²) in [5.41, 5.74) is 4.40. The summed E-state index contributed by atoms with van der Waals surface area (Å²) >= 11 is 0. The summed E-state index contributed by atoms with van der Waals surface area (Å²) in [6, 6.07) is 1.84.